The summed E-state index contributed by atoms with van der Waals surface area (Å²) in [7, 11) is 4.53. The molecule has 0 saturated heterocycles. The molecule has 1 unspecified atom stereocenters. The monoisotopic (exact) mass is 316 g/mol. The first-order valence-corrected chi connectivity index (χ1v) is 7.10. The van der Waals surface area contributed by atoms with E-state index in [1.54, 1.807) is 19.2 Å². The highest BCUT2D eigenvalue weighted by Crippen LogP contribution is 2.40. The number of benzene rings is 1. The molecule has 6 heteroatoms. The molecule has 0 saturated carbocycles. The van der Waals surface area contributed by atoms with Gasteiger partial charge >= 0.3 is 0 Å². The number of thiophene rings is 1. The molecule has 0 bridgehead atoms. The highest BCUT2D eigenvalue weighted by Gasteiger charge is 2.20. The number of hydrogen-bond acceptors (Lipinski definition) is 4. The lowest BCUT2D eigenvalue weighted by atomic mass is 10.1. The van der Waals surface area contributed by atoms with Gasteiger partial charge in [0, 0.05) is 21.9 Å². The van der Waals surface area contributed by atoms with Gasteiger partial charge in [-0.2, -0.15) is 0 Å². The van der Waals surface area contributed by atoms with Gasteiger partial charge in [0.25, 0.3) is 0 Å². The molecule has 0 N–H and O–H groups in total. The minimum atomic E-state index is -0.608. The Hall–Kier alpha value is -1.46. The number of halogens is 2. The van der Waals surface area contributed by atoms with E-state index >= 15 is 0 Å². The van der Waals surface area contributed by atoms with Crippen molar-refractivity contribution in [2.75, 3.05) is 21.3 Å². The second-order valence-corrected chi connectivity index (χ2v) is 5.36. The lowest BCUT2D eigenvalue weighted by Crippen LogP contribution is -1.99. The van der Waals surface area contributed by atoms with Crippen LogP contribution in [0.2, 0.25) is 0 Å². The predicted octanol–water partition coefficient (Wildman–Crippen LogP) is 4.24. The molecule has 0 fully saturated rings. The fraction of sp³-hybridized carbons (Fsp3) is 0.286. The topological polar surface area (TPSA) is 27.7 Å². The van der Waals surface area contributed by atoms with Crippen LogP contribution in [0.3, 0.4) is 0 Å². The van der Waals surface area contributed by atoms with Crippen molar-refractivity contribution in [1.29, 1.82) is 0 Å². The van der Waals surface area contributed by atoms with Crippen LogP contribution >= 0.6 is 22.9 Å². The number of alkyl halides is 1. The van der Waals surface area contributed by atoms with Crippen LogP contribution in [-0.4, -0.2) is 21.3 Å². The van der Waals surface area contributed by atoms with Crippen molar-refractivity contribution in [3.8, 4) is 17.2 Å². The Balaban J connectivity index is 2.40. The summed E-state index contributed by atoms with van der Waals surface area (Å²) in [6.07, 6.45) is 0. The van der Waals surface area contributed by atoms with Crippen molar-refractivity contribution in [3.05, 3.63) is 39.8 Å². The minimum Gasteiger partial charge on any atom is -0.496 e. The summed E-state index contributed by atoms with van der Waals surface area (Å²) in [5.41, 5.74) is 0.341. The molecule has 0 radical (unpaired) electrons. The number of ether oxygens (including phenoxy) is 3. The van der Waals surface area contributed by atoms with Gasteiger partial charge in [0.2, 0.25) is 0 Å². The molecule has 0 aliphatic carbocycles. The first-order valence-electron chi connectivity index (χ1n) is 5.78. The van der Waals surface area contributed by atoms with Gasteiger partial charge in [0.15, 0.2) is 11.5 Å². The summed E-state index contributed by atoms with van der Waals surface area (Å²) < 4.78 is 29.5. The van der Waals surface area contributed by atoms with E-state index in [1.807, 2.05) is 5.38 Å². The number of hydrogen-bond donors (Lipinski definition) is 0. The van der Waals surface area contributed by atoms with Gasteiger partial charge in [0.05, 0.1) is 26.7 Å². The van der Waals surface area contributed by atoms with Gasteiger partial charge in [0.1, 0.15) is 11.6 Å². The van der Waals surface area contributed by atoms with Crippen LogP contribution in [0.4, 0.5) is 4.39 Å². The van der Waals surface area contributed by atoms with Crippen LogP contribution in [-0.2, 0) is 0 Å². The van der Waals surface area contributed by atoms with E-state index in [-0.39, 0.29) is 0 Å². The maximum Gasteiger partial charge on any atom is 0.163 e. The molecule has 1 aromatic carbocycles. The second-order valence-electron chi connectivity index (χ2n) is 3.98. The molecular weight excluding hydrogens is 303 g/mol. The Morgan fingerprint density at radius 2 is 1.70 bits per heavy atom. The molecule has 0 amide bonds. The Bertz CT molecular complexity index is 600. The summed E-state index contributed by atoms with van der Waals surface area (Å²) in [6, 6.07) is 4.62. The molecule has 1 atom stereocenters. The van der Waals surface area contributed by atoms with Crippen molar-refractivity contribution < 1.29 is 18.6 Å². The van der Waals surface area contributed by atoms with Crippen LogP contribution in [0.15, 0.2) is 23.6 Å². The summed E-state index contributed by atoms with van der Waals surface area (Å²) in [5, 5.41) is 1.22. The highest BCUT2D eigenvalue weighted by molar-refractivity contribution is 7.10. The Morgan fingerprint density at radius 1 is 1.05 bits per heavy atom. The summed E-state index contributed by atoms with van der Waals surface area (Å²) in [5.74, 6) is 1.05. The second kappa shape index (κ2) is 6.33. The van der Waals surface area contributed by atoms with E-state index in [0.29, 0.717) is 22.8 Å². The maximum absolute atomic E-state index is 14.1. The third-order valence-electron chi connectivity index (χ3n) is 2.86. The van der Waals surface area contributed by atoms with Crippen molar-refractivity contribution >= 4 is 22.9 Å². The summed E-state index contributed by atoms with van der Waals surface area (Å²) >= 11 is 7.76. The van der Waals surface area contributed by atoms with E-state index in [2.05, 4.69) is 0 Å². The molecule has 2 rings (SSSR count). The van der Waals surface area contributed by atoms with Crippen molar-refractivity contribution in [3.63, 3.8) is 0 Å². The van der Waals surface area contributed by atoms with E-state index in [4.69, 9.17) is 25.8 Å². The predicted molar refractivity (Wildman–Crippen MR) is 78.1 cm³/mol. The zero-order valence-corrected chi connectivity index (χ0v) is 12.8. The van der Waals surface area contributed by atoms with Gasteiger partial charge in [-0.3, -0.25) is 0 Å². The van der Waals surface area contributed by atoms with Gasteiger partial charge < -0.3 is 14.2 Å². The van der Waals surface area contributed by atoms with Crippen LogP contribution in [0.1, 0.15) is 15.8 Å². The molecule has 0 aliphatic heterocycles. The van der Waals surface area contributed by atoms with Crippen LogP contribution in [0, 0.1) is 5.82 Å². The Kier molecular flexibility index (Phi) is 4.73. The first kappa shape index (κ1) is 14.9. The fourth-order valence-corrected chi connectivity index (χ4v) is 3.02. The quantitative estimate of drug-likeness (QED) is 0.772. The zero-order valence-electron chi connectivity index (χ0n) is 11.3. The van der Waals surface area contributed by atoms with E-state index < -0.39 is 11.2 Å². The normalized spacial score (nSPS) is 12.1. The van der Waals surface area contributed by atoms with E-state index in [0.717, 1.165) is 4.88 Å². The minimum absolute atomic E-state index is 0.335. The largest absolute Gasteiger partial charge is 0.496 e. The van der Waals surface area contributed by atoms with Crippen molar-refractivity contribution in [2.45, 2.75) is 5.38 Å². The third kappa shape index (κ3) is 2.83. The molecule has 0 aliphatic rings. The molecule has 2 aromatic rings. The van der Waals surface area contributed by atoms with Gasteiger partial charge in [-0.15, -0.1) is 22.9 Å². The van der Waals surface area contributed by atoms with Gasteiger partial charge in [-0.1, -0.05) is 0 Å². The number of methoxy groups -OCH3 is 3. The maximum atomic E-state index is 14.1. The van der Waals surface area contributed by atoms with Crippen LogP contribution in [0.5, 0.6) is 17.2 Å². The van der Waals surface area contributed by atoms with E-state index in [1.165, 1.54) is 31.6 Å². The molecular formula is C14H14ClFO3S. The third-order valence-corrected chi connectivity index (χ3v) is 4.43. The van der Waals surface area contributed by atoms with Crippen molar-refractivity contribution in [2.24, 2.45) is 0 Å². The standard InChI is InChI=1S/C14H14ClFO3S/c1-17-8-4-13(20-7-8)14(15)9-5-11(18-2)12(19-3)6-10(9)16/h4-7,14H,1-3H3. The van der Waals surface area contributed by atoms with Gasteiger partial charge in [-0.05, 0) is 12.1 Å². The van der Waals surface area contributed by atoms with Crippen molar-refractivity contribution in [1.82, 2.24) is 0 Å². The molecule has 3 nitrogen and oxygen atoms in total. The number of rotatable bonds is 5. The highest BCUT2D eigenvalue weighted by atomic mass is 35.5. The van der Waals surface area contributed by atoms with Crippen LogP contribution < -0.4 is 14.2 Å². The molecule has 20 heavy (non-hydrogen) atoms. The molecule has 1 heterocycles. The summed E-state index contributed by atoms with van der Waals surface area (Å²) in [4.78, 5) is 0.801. The van der Waals surface area contributed by atoms with Crippen LogP contribution in [0.25, 0.3) is 0 Å². The smallest absolute Gasteiger partial charge is 0.163 e. The first-order chi connectivity index (χ1) is 9.60. The molecule has 0 spiro atoms. The van der Waals surface area contributed by atoms with E-state index in [9.17, 15) is 4.39 Å². The van der Waals surface area contributed by atoms with Gasteiger partial charge in [-0.25, -0.2) is 4.39 Å². The Labute approximate surface area is 125 Å². The average molecular weight is 317 g/mol. The average Bonchev–Trinajstić information content (AvgIpc) is 2.95. The lowest BCUT2D eigenvalue weighted by molar-refractivity contribution is 0.351. The molecule has 1 aromatic heterocycles. The molecule has 108 valence electrons. The lowest BCUT2D eigenvalue weighted by Gasteiger charge is -2.13. The SMILES string of the molecule is COc1csc(C(Cl)c2cc(OC)c(OC)cc2F)c1. The summed E-state index contributed by atoms with van der Waals surface area (Å²) in [6.45, 7) is 0. The fourth-order valence-electron chi connectivity index (χ4n) is 1.79. The zero-order chi connectivity index (χ0) is 14.7. The Morgan fingerprint density at radius 3 is 2.25 bits per heavy atom.